The minimum atomic E-state index is -1.62. The predicted octanol–water partition coefficient (Wildman–Crippen LogP) is 4.11. The summed E-state index contributed by atoms with van der Waals surface area (Å²) in [6.07, 6.45) is 17.9. The van der Waals surface area contributed by atoms with E-state index in [9.17, 15) is 29.5 Å². The molecule has 1 aromatic heterocycles. The van der Waals surface area contributed by atoms with Gasteiger partial charge in [-0.1, -0.05) is 45.0 Å². The fraction of sp³-hybridized carbons (Fsp3) is 0.696. The van der Waals surface area contributed by atoms with Gasteiger partial charge >= 0.3 is 7.12 Å². The van der Waals surface area contributed by atoms with Crippen LogP contribution in [0.3, 0.4) is 0 Å². The van der Waals surface area contributed by atoms with E-state index >= 15 is 0 Å². The number of nitrogens with one attached hydrogen (secondary N) is 3. The summed E-state index contributed by atoms with van der Waals surface area (Å²) >= 11 is 0. The molecule has 4 saturated carbocycles. The molecule has 0 radical (unpaired) electrons. The van der Waals surface area contributed by atoms with Crippen LogP contribution < -0.4 is 30.9 Å². The van der Waals surface area contributed by atoms with E-state index in [1.165, 1.54) is 51.1 Å². The molecule has 4 aliphatic rings. The van der Waals surface area contributed by atoms with Gasteiger partial charge in [-0.05, 0) is 149 Å². The van der Waals surface area contributed by atoms with Gasteiger partial charge in [0.25, 0.3) is 5.91 Å². The van der Waals surface area contributed by atoms with Crippen molar-refractivity contribution in [3.63, 3.8) is 0 Å². The molecule has 1 aromatic carbocycles. The average Bonchev–Trinajstić information content (AvgIpc) is 3.57. The zero-order chi connectivity index (χ0) is 41.5. The Morgan fingerprint density at radius 1 is 0.879 bits per heavy atom. The van der Waals surface area contributed by atoms with Crippen molar-refractivity contribution >= 4 is 36.0 Å². The van der Waals surface area contributed by atoms with Crippen LogP contribution in [0.4, 0.5) is 5.69 Å². The quantitative estimate of drug-likeness (QED) is 0.0754. The zero-order valence-corrected chi connectivity index (χ0v) is 35.6. The number of amides is 3. The summed E-state index contributed by atoms with van der Waals surface area (Å²) in [5.74, 6) is 4.12. The van der Waals surface area contributed by atoms with Crippen LogP contribution in [-0.4, -0.2) is 78.8 Å². The molecule has 1 heterocycles. The fourth-order valence-electron chi connectivity index (χ4n) is 12.4. The highest BCUT2D eigenvalue weighted by molar-refractivity contribution is 6.58. The molecule has 12 heteroatoms. The minimum absolute atomic E-state index is 0.00354. The van der Waals surface area contributed by atoms with Crippen LogP contribution >= 0.6 is 0 Å². The number of carbonyl (C=O) groups excluding carboxylic acids is 3. The van der Waals surface area contributed by atoms with E-state index < -0.39 is 13.2 Å². The first kappa shape index (κ1) is 44.2. The molecule has 0 bridgehead atoms. The maximum atomic E-state index is 13.9. The summed E-state index contributed by atoms with van der Waals surface area (Å²) in [5, 5.41) is 38.5. The molecule has 3 amide bonds. The van der Waals surface area contributed by atoms with Crippen molar-refractivity contribution in [2.45, 2.75) is 129 Å². The Bertz CT molecular complexity index is 1680. The number of hydrogen-bond donors (Lipinski definition) is 6. The van der Waals surface area contributed by atoms with Crippen LogP contribution in [-0.2, 0) is 20.9 Å². The highest BCUT2D eigenvalue weighted by Gasteiger charge is 2.60. The Morgan fingerprint density at radius 3 is 2.38 bits per heavy atom. The van der Waals surface area contributed by atoms with Gasteiger partial charge in [-0.2, -0.15) is 4.57 Å². The lowest BCUT2D eigenvalue weighted by Gasteiger charge is -2.61. The number of aromatic nitrogens is 1. The standard InChI is InChI=1S/C46H70BN5O6/c1-32(38-18-19-39-37-17-16-33-29-36(53)21-23-45(33,2)40(37)22-24-46(38,39)3)15-20-42(54)49-25-9-8-14-41(48-4)44(56)52(35-12-6-5-7-13-35)28-26-50-43(55)31-51-27-10-11-34(30-51)47(57)58/h5-7,10-13,27,30,32-33,36-41,48,53,57-58H,8-9,14-26,28-29,31H2,1-4H3,(H-,49,50,54,55)/p+1/t32?,33?,36?,37?,38?,39?,40?,41?,45-,46+/m1/s1. The molecule has 318 valence electrons. The summed E-state index contributed by atoms with van der Waals surface area (Å²) in [5.41, 5.74) is 1.82. The van der Waals surface area contributed by atoms with Gasteiger partial charge in [0, 0.05) is 43.3 Å². The third kappa shape index (κ3) is 10.2. The molecule has 0 saturated heterocycles. The lowest BCUT2D eigenvalue weighted by atomic mass is 9.44. The first-order chi connectivity index (χ1) is 27.8. The second kappa shape index (κ2) is 19.8. The second-order valence-electron chi connectivity index (χ2n) is 18.9. The van der Waals surface area contributed by atoms with Crippen molar-refractivity contribution in [2.24, 2.45) is 46.3 Å². The lowest BCUT2D eigenvalue weighted by molar-refractivity contribution is -0.683. The Labute approximate surface area is 347 Å². The molecule has 11 nitrogen and oxygen atoms in total. The number of benzene rings is 1. The monoisotopic (exact) mass is 801 g/mol. The number of aliphatic hydroxyl groups excluding tert-OH is 1. The van der Waals surface area contributed by atoms with Crippen molar-refractivity contribution < 1.29 is 34.1 Å². The average molecular weight is 801 g/mol. The highest BCUT2D eigenvalue weighted by Crippen LogP contribution is 2.68. The number of hydrogen-bond acceptors (Lipinski definition) is 7. The first-order valence-corrected chi connectivity index (χ1v) is 22.4. The largest absolute Gasteiger partial charge is 0.494 e. The predicted molar refractivity (Wildman–Crippen MR) is 228 cm³/mol. The highest BCUT2D eigenvalue weighted by atomic mass is 16.4. The van der Waals surface area contributed by atoms with Crippen molar-refractivity contribution in [3.8, 4) is 0 Å². The summed E-state index contributed by atoms with van der Waals surface area (Å²) in [4.78, 5) is 41.3. The molecule has 0 spiro atoms. The van der Waals surface area contributed by atoms with Crippen molar-refractivity contribution in [2.75, 3.05) is 31.6 Å². The van der Waals surface area contributed by atoms with Crippen LogP contribution in [0.1, 0.15) is 111 Å². The molecule has 10 atom stereocenters. The van der Waals surface area contributed by atoms with E-state index in [0.717, 1.165) is 55.5 Å². The van der Waals surface area contributed by atoms with Gasteiger partial charge in [0.05, 0.1) is 12.1 Å². The Kier molecular flexibility index (Phi) is 15.1. The lowest BCUT2D eigenvalue weighted by Crippen LogP contribution is -2.54. The Balaban J connectivity index is 0.912. The molecule has 58 heavy (non-hydrogen) atoms. The van der Waals surface area contributed by atoms with Gasteiger partial charge in [-0.15, -0.1) is 0 Å². The van der Waals surface area contributed by atoms with Crippen molar-refractivity contribution in [1.29, 1.82) is 0 Å². The van der Waals surface area contributed by atoms with E-state index in [-0.39, 0.29) is 43.5 Å². The number of anilines is 1. The van der Waals surface area contributed by atoms with Crippen LogP contribution in [0.2, 0.25) is 0 Å². The molecule has 4 fully saturated rings. The van der Waals surface area contributed by atoms with Crippen LogP contribution in [0, 0.1) is 46.3 Å². The summed E-state index contributed by atoms with van der Waals surface area (Å²) in [7, 11) is 0.170. The number of likely N-dealkylation sites (N-methyl/N-ethyl adjacent to an activating group) is 1. The van der Waals surface area contributed by atoms with Crippen molar-refractivity contribution in [1.82, 2.24) is 16.0 Å². The molecule has 6 rings (SSSR count). The van der Waals surface area contributed by atoms with Crippen molar-refractivity contribution in [3.05, 3.63) is 54.9 Å². The molecule has 8 unspecified atom stereocenters. The SMILES string of the molecule is CNC(CCCCNC(=O)CCC(C)C1CCC2C3CCC4CC(O)CC[C@@]4(C)C3CC[C@@]12C)C(=O)N(CCNC(=O)C[n+]1cccc(B(O)O)c1)c1ccccc1. The minimum Gasteiger partial charge on any atom is -0.423 e. The van der Waals surface area contributed by atoms with Gasteiger partial charge in [0.15, 0.2) is 12.4 Å². The zero-order valence-electron chi connectivity index (χ0n) is 35.6. The number of pyridine rings is 1. The third-order valence-electron chi connectivity index (χ3n) is 15.6. The number of fused-ring (bicyclic) bond motifs is 5. The fourth-order valence-corrected chi connectivity index (χ4v) is 12.4. The third-order valence-corrected chi connectivity index (χ3v) is 15.6. The molecule has 2 aromatic rings. The summed E-state index contributed by atoms with van der Waals surface area (Å²) < 4.78 is 1.58. The summed E-state index contributed by atoms with van der Waals surface area (Å²) in [6, 6.07) is 12.2. The van der Waals surface area contributed by atoms with E-state index in [4.69, 9.17) is 0 Å². The van der Waals surface area contributed by atoms with Crippen LogP contribution in [0.25, 0.3) is 0 Å². The number of nitrogens with zero attached hydrogens (tertiary/aromatic N) is 2. The smallest absolute Gasteiger partial charge is 0.423 e. The molecular weight excluding hydrogens is 729 g/mol. The molecule has 4 aliphatic carbocycles. The maximum absolute atomic E-state index is 13.9. The van der Waals surface area contributed by atoms with Gasteiger partial charge in [0.1, 0.15) is 0 Å². The molecular formula is C46H71BN5O6+. The normalized spacial score (nSPS) is 29.9. The van der Waals surface area contributed by atoms with Gasteiger partial charge in [-0.25, -0.2) is 0 Å². The second-order valence-corrected chi connectivity index (χ2v) is 18.9. The van der Waals surface area contributed by atoms with Gasteiger partial charge in [-0.3, -0.25) is 14.4 Å². The first-order valence-electron chi connectivity index (χ1n) is 22.4. The van der Waals surface area contributed by atoms with Crippen LogP contribution in [0.15, 0.2) is 54.9 Å². The molecule has 6 N–H and O–H groups in total. The number of aliphatic hydroxyl groups is 1. The van der Waals surface area contributed by atoms with E-state index in [1.807, 2.05) is 30.3 Å². The number of unbranched alkanes of at least 4 members (excludes halogenated alkanes) is 1. The summed E-state index contributed by atoms with van der Waals surface area (Å²) in [6.45, 7) is 8.68. The van der Waals surface area contributed by atoms with Gasteiger partial charge in [0.2, 0.25) is 18.4 Å². The van der Waals surface area contributed by atoms with Crippen LogP contribution in [0.5, 0.6) is 0 Å². The maximum Gasteiger partial charge on any atom is 0.494 e. The Morgan fingerprint density at radius 2 is 1.62 bits per heavy atom. The van der Waals surface area contributed by atoms with E-state index in [0.29, 0.717) is 53.4 Å². The number of para-hydroxylation sites is 1. The Hall–Kier alpha value is -3.32. The van der Waals surface area contributed by atoms with Gasteiger partial charge < -0.3 is 36.0 Å². The topological polar surface area (TPSA) is 155 Å². The van der Waals surface area contributed by atoms with E-state index in [2.05, 4.69) is 36.7 Å². The van der Waals surface area contributed by atoms with E-state index in [1.54, 1.807) is 34.8 Å². The number of rotatable bonds is 18. The molecule has 0 aliphatic heterocycles. The number of carbonyl (C=O) groups is 3.